The molecule has 0 atom stereocenters. The van der Waals surface area contributed by atoms with Gasteiger partial charge in [-0.3, -0.25) is 0 Å². The monoisotopic (exact) mass is 318 g/mol. The van der Waals surface area contributed by atoms with Crippen LogP contribution in [0, 0.1) is 13.8 Å². The maximum atomic E-state index is 4.64. The highest BCUT2D eigenvalue weighted by Crippen LogP contribution is 2.22. The van der Waals surface area contributed by atoms with Crippen LogP contribution in [0.25, 0.3) is 0 Å². The van der Waals surface area contributed by atoms with E-state index in [0.717, 1.165) is 18.1 Å². The van der Waals surface area contributed by atoms with Crippen molar-refractivity contribution >= 4 is 17.5 Å². The van der Waals surface area contributed by atoms with E-state index in [1.165, 1.54) is 16.7 Å². The zero-order valence-corrected chi connectivity index (χ0v) is 14.3. The zero-order chi connectivity index (χ0) is 16.9. The number of anilines is 3. The largest absolute Gasteiger partial charge is 0.355 e. The lowest BCUT2D eigenvalue weighted by Gasteiger charge is -2.19. The normalized spacial score (nSPS) is 10.5. The minimum Gasteiger partial charge on any atom is -0.355 e. The molecule has 0 aliphatic heterocycles. The third-order valence-corrected chi connectivity index (χ3v) is 4.15. The van der Waals surface area contributed by atoms with E-state index in [1.54, 1.807) is 6.20 Å². The average molecular weight is 318 g/mol. The van der Waals surface area contributed by atoms with E-state index < -0.39 is 0 Å². The Kier molecular flexibility index (Phi) is 4.75. The summed E-state index contributed by atoms with van der Waals surface area (Å²) in [4.78, 5) is 11.1. The Balaban J connectivity index is 1.77. The molecule has 1 heterocycles. The fourth-order valence-corrected chi connectivity index (χ4v) is 2.57. The van der Waals surface area contributed by atoms with Crippen LogP contribution in [0.3, 0.4) is 0 Å². The summed E-state index contributed by atoms with van der Waals surface area (Å²) in [7, 11) is 2.04. The first-order valence-corrected chi connectivity index (χ1v) is 8.05. The van der Waals surface area contributed by atoms with E-state index >= 15 is 0 Å². The van der Waals surface area contributed by atoms with Crippen LogP contribution in [-0.4, -0.2) is 17.0 Å². The van der Waals surface area contributed by atoms with Crippen molar-refractivity contribution in [2.75, 3.05) is 17.3 Å². The van der Waals surface area contributed by atoms with E-state index in [2.05, 4.69) is 64.4 Å². The molecule has 0 unspecified atom stereocenters. The molecule has 1 aromatic heterocycles. The lowest BCUT2D eigenvalue weighted by Crippen LogP contribution is -2.18. The summed E-state index contributed by atoms with van der Waals surface area (Å²) in [5.41, 5.74) is 4.75. The lowest BCUT2D eigenvalue weighted by atomic mass is 10.1. The minimum absolute atomic E-state index is 0.612. The van der Waals surface area contributed by atoms with Crippen LogP contribution in [0.15, 0.2) is 60.8 Å². The van der Waals surface area contributed by atoms with E-state index in [9.17, 15) is 0 Å². The van der Waals surface area contributed by atoms with E-state index in [4.69, 9.17) is 0 Å². The Morgan fingerprint density at radius 2 is 1.75 bits per heavy atom. The predicted octanol–water partition coefficient (Wildman–Crippen LogP) is 4.47. The van der Waals surface area contributed by atoms with E-state index in [-0.39, 0.29) is 0 Å². The summed E-state index contributed by atoms with van der Waals surface area (Å²) in [6, 6.07) is 18.5. The molecule has 0 aliphatic carbocycles. The summed E-state index contributed by atoms with van der Waals surface area (Å²) in [6.07, 6.45) is 1.79. The number of aryl methyl sites for hydroxylation is 1. The van der Waals surface area contributed by atoms with Crippen molar-refractivity contribution in [3.05, 3.63) is 77.5 Å². The Morgan fingerprint density at radius 1 is 0.958 bits per heavy atom. The standard InChI is InChI=1S/C20H22N4/c1-15-8-7-11-18(16(15)2)22-20-21-13-12-19(23-20)24(3)14-17-9-5-4-6-10-17/h4-13H,14H2,1-3H3,(H,21,22,23). The molecule has 0 saturated carbocycles. The summed E-state index contributed by atoms with van der Waals surface area (Å²) >= 11 is 0. The first-order valence-electron chi connectivity index (χ1n) is 8.05. The smallest absolute Gasteiger partial charge is 0.229 e. The quantitative estimate of drug-likeness (QED) is 0.753. The highest BCUT2D eigenvalue weighted by atomic mass is 15.2. The first-order chi connectivity index (χ1) is 11.6. The van der Waals surface area contributed by atoms with Gasteiger partial charge < -0.3 is 10.2 Å². The number of benzene rings is 2. The Labute approximate surface area is 143 Å². The van der Waals surface area contributed by atoms with Crippen LogP contribution in [0.1, 0.15) is 16.7 Å². The van der Waals surface area contributed by atoms with Crippen LogP contribution in [0.5, 0.6) is 0 Å². The van der Waals surface area contributed by atoms with Crippen LogP contribution in [0.4, 0.5) is 17.5 Å². The fraction of sp³-hybridized carbons (Fsp3) is 0.200. The molecule has 0 saturated heterocycles. The molecule has 24 heavy (non-hydrogen) atoms. The van der Waals surface area contributed by atoms with Gasteiger partial charge in [-0.15, -0.1) is 0 Å². The second-order valence-corrected chi connectivity index (χ2v) is 5.95. The van der Waals surface area contributed by atoms with Gasteiger partial charge in [0, 0.05) is 25.5 Å². The molecule has 0 spiro atoms. The van der Waals surface area contributed by atoms with E-state index in [1.807, 2.05) is 31.3 Å². The number of aromatic nitrogens is 2. The van der Waals surface area contributed by atoms with Gasteiger partial charge >= 0.3 is 0 Å². The molecular formula is C20H22N4. The minimum atomic E-state index is 0.612. The Bertz CT molecular complexity index is 815. The third-order valence-electron chi connectivity index (χ3n) is 4.15. The van der Waals surface area contributed by atoms with Crippen molar-refractivity contribution < 1.29 is 0 Å². The number of nitrogens with zero attached hydrogens (tertiary/aromatic N) is 3. The van der Waals surface area contributed by atoms with Crippen molar-refractivity contribution in [3.8, 4) is 0 Å². The van der Waals surface area contributed by atoms with Gasteiger partial charge in [-0.1, -0.05) is 42.5 Å². The summed E-state index contributed by atoms with van der Waals surface area (Å²) in [6.45, 7) is 5.01. The maximum absolute atomic E-state index is 4.64. The van der Waals surface area contributed by atoms with Crippen molar-refractivity contribution in [3.63, 3.8) is 0 Å². The van der Waals surface area contributed by atoms with Crippen molar-refractivity contribution in [2.45, 2.75) is 20.4 Å². The summed E-state index contributed by atoms with van der Waals surface area (Å²) < 4.78 is 0. The van der Waals surface area contributed by atoms with Crippen molar-refractivity contribution in [2.24, 2.45) is 0 Å². The van der Waals surface area contributed by atoms with Gasteiger partial charge in [-0.25, -0.2) is 4.98 Å². The number of hydrogen-bond acceptors (Lipinski definition) is 4. The van der Waals surface area contributed by atoms with Gasteiger partial charge in [-0.2, -0.15) is 4.98 Å². The molecule has 4 heteroatoms. The average Bonchev–Trinajstić information content (AvgIpc) is 2.60. The van der Waals surface area contributed by atoms with Gasteiger partial charge in [0.05, 0.1) is 0 Å². The van der Waals surface area contributed by atoms with Gasteiger partial charge in [-0.05, 0) is 42.7 Å². The second-order valence-electron chi connectivity index (χ2n) is 5.95. The SMILES string of the molecule is Cc1cccc(Nc2nccc(N(C)Cc3ccccc3)n2)c1C. The molecule has 3 rings (SSSR count). The fourth-order valence-electron chi connectivity index (χ4n) is 2.57. The molecule has 0 fully saturated rings. The van der Waals surface area contributed by atoms with Gasteiger partial charge in [0.25, 0.3) is 0 Å². The summed E-state index contributed by atoms with van der Waals surface area (Å²) in [5.74, 6) is 1.50. The molecule has 0 aliphatic rings. The highest BCUT2D eigenvalue weighted by molar-refractivity contribution is 5.61. The maximum Gasteiger partial charge on any atom is 0.229 e. The predicted molar refractivity (Wildman–Crippen MR) is 99.8 cm³/mol. The van der Waals surface area contributed by atoms with Crippen LogP contribution < -0.4 is 10.2 Å². The van der Waals surface area contributed by atoms with Crippen LogP contribution in [0.2, 0.25) is 0 Å². The molecule has 0 radical (unpaired) electrons. The molecule has 0 amide bonds. The molecule has 3 aromatic rings. The highest BCUT2D eigenvalue weighted by Gasteiger charge is 2.07. The van der Waals surface area contributed by atoms with Gasteiger partial charge in [0.1, 0.15) is 5.82 Å². The van der Waals surface area contributed by atoms with E-state index in [0.29, 0.717) is 5.95 Å². The summed E-state index contributed by atoms with van der Waals surface area (Å²) in [5, 5.41) is 3.32. The van der Waals surface area contributed by atoms with Gasteiger partial charge in [0.2, 0.25) is 5.95 Å². The van der Waals surface area contributed by atoms with Gasteiger partial charge in [0.15, 0.2) is 0 Å². The molecule has 4 nitrogen and oxygen atoms in total. The third kappa shape index (κ3) is 3.71. The van der Waals surface area contributed by atoms with Crippen molar-refractivity contribution in [1.29, 1.82) is 0 Å². The number of nitrogens with one attached hydrogen (secondary N) is 1. The Morgan fingerprint density at radius 3 is 2.54 bits per heavy atom. The molecule has 122 valence electrons. The first kappa shape index (κ1) is 16.0. The molecule has 2 aromatic carbocycles. The second kappa shape index (κ2) is 7.13. The topological polar surface area (TPSA) is 41.1 Å². The molecule has 1 N–H and O–H groups in total. The lowest BCUT2D eigenvalue weighted by molar-refractivity contribution is 0.893. The molecule has 0 bridgehead atoms. The number of rotatable bonds is 5. The van der Waals surface area contributed by atoms with Crippen LogP contribution in [-0.2, 0) is 6.54 Å². The molecular weight excluding hydrogens is 296 g/mol. The van der Waals surface area contributed by atoms with Crippen molar-refractivity contribution in [1.82, 2.24) is 9.97 Å². The number of hydrogen-bond donors (Lipinski definition) is 1. The Hall–Kier alpha value is -2.88. The zero-order valence-electron chi connectivity index (χ0n) is 14.3. The van der Waals surface area contributed by atoms with Crippen LogP contribution >= 0.6 is 0 Å².